The average Bonchev–Trinajstić information content (AvgIpc) is 2.66. The number of benzene rings is 1. The number of methoxy groups -OCH3 is 1. The van der Waals surface area contributed by atoms with Crippen LogP contribution < -0.4 is 15.0 Å². The van der Waals surface area contributed by atoms with Gasteiger partial charge in [-0.3, -0.25) is 4.79 Å². The highest BCUT2D eigenvalue weighted by atomic mass is 19.1. The van der Waals surface area contributed by atoms with Crippen LogP contribution in [0, 0.1) is 5.82 Å². The van der Waals surface area contributed by atoms with E-state index in [9.17, 15) is 9.18 Å². The molecule has 0 bridgehead atoms. The van der Waals surface area contributed by atoms with Gasteiger partial charge in [0.2, 0.25) is 5.95 Å². The SMILES string of the molecule is COc1nc(CNC(=O)c2cccc(F)c2)nc(N2CCOCC2)n1. The Morgan fingerprint density at radius 2 is 2.12 bits per heavy atom. The summed E-state index contributed by atoms with van der Waals surface area (Å²) >= 11 is 0. The summed E-state index contributed by atoms with van der Waals surface area (Å²) in [6, 6.07) is 5.63. The summed E-state index contributed by atoms with van der Waals surface area (Å²) in [4.78, 5) is 26.8. The Balaban J connectivity index is 1.71. The molecule has 9 heteroatoms. The second kappa shape index (κ2) is 7.84. The predicted molar refractivity (Wildman–Crippen MR) is 87.0 cm³/mol. The minimum atomic E-state index is -0.468. The van der Waals surface area contributed by atoms with Gasteiger partial charge in [0, 0.05) is 18.7 Å². The molecule has 1 N–H and O–H groups in total. The van der Waals surface area contributed by atoms with Gasteiger partial charge in [-0.2, -0.15) is 15.0 Å². The number of ether oxygens (including phenoxy) is 2. The highest BCUT2D eigenvalue weighted by Crippen LogP contribution is 2.14. The number of hydrogen-bond acceptors (Lipinski definition) is 7. The van der Waals surface area contributed by atoms with Crippen molar-refractivity contribution in [3.63, 3.8) is 0 Å². The molecule has 1 amide bonds. The number of nitrogens with zero attached hydrogens (tertiary/aromatic N) is 4. The Bertz CT molecular complexity index is 752. The van der Waals surface area contributed by atoms with Gasteiger partial charge in [0.1, 0.15) is 5.82 Å². The van der Waals surface area contributed by atoms with Crippen molar-refractivity contribution in [1.82, 2.24) is 20.3 Å². The lowest BCUT2D eigenvalue weighted by Crippen LogP contribution is -2.37. The number of hydrogen-bond donors (Lipinski definition) is 1. The molecule has 0 atom stereocenters. The van der Waals surface area contributed by atoms with E-state index in [2.05, 4.69) is 20.3 Å². The Morgan fingerprint density at radius 1 is 1.32 bits per heavy atom. The summed E-state index contributed by atoms with van der Waals surface area (Å²) in [6.45, 7) is 2.61. The number of carbonyl (C=O) groups is 1. The zero-order valence-electron chi connectivity index (χ0n) is 13.7. The van der Waals surface area contributed by atoms with Crippen LogP contribution in [0.2, 0.25) is 0 Å². The molecule has 1 saturated heterocycles. The van der Waals surface area contributed by atoms with Gasteiger partial charge >= 0.3 is 6.01 Å². The minimum Gasteiger partial charge on any atom is -0.467 e. The molecule has 0 saturated carbocycles. The number of morpholine rings is 1. The number of rotatable bonds is 5. The molecule has 25 heavy (non-hydrogen) atoms. The molecule has 0 aliphatic carbocycles. The number of nitrogens with one attached hydrogen (secondary N) is 1. The second-order valence-corrected chi connectivity index (χ2v) is 5.33. The van der Waals surface area contributed by atoms with Crippen LogP contribution in [-0.2, 0) is 11.3 Å². The lowest BCUT2D eigenvalue weighted by atomic mass is 10.2. The predicted octanol–water partition coefficient (Wildman–Crippen LogP) is 0.786. The van der Waals surface area contributed by atoms with Crippen LogP contribution >= 0.6 is 0 Å². The molecule has 2 aromatic rings. The van der Waals surface area contributed by atoms with Crippen molar-refractivity contribution in [1.29, 1.82) is 0 Å². The van der Waals surface area contributed by atoms with Crippen LogP contribution in [-0.4, -0.2) is 54.3 Å². The molecule has 1 aromatic heterocycles. The quantitative estimate of drug-likeness (QED) is 0.855. The van der Waals surface area contributed by atoms with E-state index in [0.717, 1.165) is 0 Å². The standard InChI is InChI=1S/C16H18FN5O3/c1-24-16-20-13(19-15(21-16)22-5-7-25-8-6-22)10-18-14(23)11-3-2-4-12(17)9-11/h2-4,9H,5-8,10H2,1H3,(H,18,23). The van der Waals surface area contributed by atoms with Crippen LogP contribution in [0.25, 0.3) is 0 Å². The molecule has 1 aliphatic heterocycles. The summed E-state index contributed by atoms with van der Waals surface area (Å²) < 4.78 is 23.6. The maximum absolute atomic E-state index is 13.2. The van der Waals surface area contributed by atoms with Gasteiger partial charge < -0.3 is 19.7 Å². The summed E-state index contributed by atoms with van der Waals surface area (Å²) in [7, 11) is 1.47. The highest BCUT2D eigenvalue weighted by Gasteiger charge is 2.17. The first-order chi connectivity index (χ1) is 12.2. The largest absolute Gasteiger partial charge is 0.467 e. The first kappa shape index (κ1) is 17.0. The lowest BCUT2D eigenvalue weighted by molar-refractivity contribution is 0.0949. The fourth-order valence-electron chi connectivity index (χ4n) is 2.35. The van der Waals surface area contributed by atoms with E-state index in [0.29, 0.717) is 38.1 Å². The van der Waals surface area contributed by atoms with Crippen molar-refractivity contribution in [2.75, 3.05) is 38.3 Å². The number of carbonyl (C=O) groups excluding carboxylic acids is 1. The van der Waals surface area contributed by atoms with Gasteiger partial charge in [0.15, 0.2) is 5.82 Å². The smallest absolute Gasteiger partial charge is 0.321 e. The zero-order valence-corrected chi connectivity index (χ0v) is 13.7. The van der Waals surface area contributed by atoms with E-state index in [4.69, 9.17) is 9.47 Å². The first-order valence-corrected chi connectivity index (χ1v) is 7.81. The third-order valence-corrected chi connectivity index (χ3v) is 3.62. The van der Waals surface area contributed by atoms with Crippen LogP contribution in [0.4, 0.5) is 10.3 Å². The molecule has 8 nitrogen and oxygen atoms in total. The fraction of sp³-hybridized carbons (Fsp3) is 0.375. The third kappa shape index (κ3) is 4.38. The molecule has 0 spiro atoms. The number of halogens is 1. The molecule has 3 rings (SSSR count). The van der Waals surface area contributed by atoms with E-state index in [1.807, 2.05) is 4.90 Å². The third-order valence-electron chi connectivity index (χ3n) is 3.62. The van der Waals surface area contributed by atoms with Gasteiger partial charge in [0.25, 0.3) is 5.91 Å². The maximum Gasteiger partial charge on any atom is 0.321 e. The van der Waals surface area contributed by atoms with Crippen molar-refractivity contribution >= 4 is 11.9 Å². The van der Waals surface area contributed by atoms with E-state index in [-0.39, 0.29) is 18.1 Å². The van der Waals surface area contributed by atoms with Crippen molar-refractivity contribution in [2.45, 2.75) is 6.54 Å². The van der Waals surface area contributed by atoms with E-state index < -0.39 is 11.7 Å². The molecule has 0 radical (unpaired) electrons. The zero-order chi connectivity index (χ0) is 17.6. The van der Waals surface area contributed by atoms with Gasteiger partial charge in [-0.25, -0.2) is 4.39 Å². The van der Waals surface area contributed by atoms with Crippen LogP contribution in [0.1, 0.15) is 16.2 Å². The molecule has 1 fully saturated rings. The van der Waals surface area contributed by atoms with Crippen LogP contribution in [0.5, 0.6) is 6.01 Å². The number of aromatic nitrogens is 3. The molecular weight excluding hydrogens is 329 g/mol. The summed E-state index contributed by atoms with van der Waals surface area (Å²) in [5.41, 5.74) is 0.231. The van der Waals surface area contributed by atoms with Crippen molar-refractivity contribution in [2.24, 2.45) is 0 Å². The Labute approximate surface area is 144 Å². The summed E-state index contributed by atoms with van der Waals surface area (Å²) in [6.07, 6.45) is 0. The van der Waals surface area contributed by atoms with Gasteiger partial charge in [-0.1, -0.05) is 6.07 Å². The minimum absolute atomic E-state index is 0.0750. The monoisotopic (exact) mass is 347 g/mol. The normalized spacial score (nSPS) is 14.2. The fourth-order valence-corrected chi connectivity index (χ4v) is 2.35. The lowest BCUT2D eigenvalue weighted by Gasteiger charge is -2.26. The van der Waals surface area contributed by atoms with Crippen LogP contribution in [0.3, 0.4) is 0 Å². The maximum atomic E-state index is 13.2. The first-order valence-electron chi connectivity index (χ1n) is 7.81. The molecule has 2 heterocycles. The van der Waals surface area contributed by atoms with Crippen LogP contribution in [0.15, 0.2) is 24.3 Å². The molecule has 0 unspecified atom stereocenters. The second-order valence-electron chi connectivity index (χ2n) is 5.33. The molecular formula is C16H18FN5O3. The Hall–Kier alpha value is -2.81. The van der Waals surface area contributed by atoms with Gasteiger partial charge in [-0.15, -0.1) is 0 Å². The van der Waals surface area contributed by atoms with Crippen molar-refractivity contribution in [3.05, 3.63) is 41.5 Å². The van der Waals surface area contributed by atoms with Gasteiger partial charge in [-0.05, 0) is 18.2 Å². The van der Waals surface area contributed by atoms with Crippen molar-refractivity contribution in [3.8, 4) is 6.01 Å². The topological polar surface area (TPSA) is 89.5 Å². The van der Waals surface area contributed by atoms with Crippen molar-refractivity contribution < 1.29 is 18.7 Å². The molecule has 1 aliphatic rings. The molecule has 1 aromatic carbocycles. The van der Waals surface area contributed by atoms with E-state index >= 15 is 0 Å². The van der Waals surface area contributed by atoms with E-state index in [1.165, 1.54) is 31.4 Å². The Morgan fingerprint density at radius 3 is 2.84 bits per heavy atom. The molecule has 132 valence electrons. The average molecular weight is 347 g/mol. The Kier molecular flexibility index (Phi) is 5.34. The number of amides is 1. The number of anilines is 1. The highest BCUT2D eigenvalue weighted by molar-refractivity contribution is 5.94. The van der Waals surface area contributed by atoms with E-state index in [1.54, 1.807) is 0 Å². The summed E-state index contributed by atoms with van der Waals surface area (Å²) in [5, 5.41) is 2.67. The summed E-state index contributed by atoms with van der Waals surface area (Å²) in [5.74, 6) is -0.0425. The van der Waals surface area contributed by atoms with Gasteiger partial charge in [0.05, 0.1) is 26.9 Å².